The Morgan fingerprint density at radius 1 is 0.410 bits per heavy atom. The number of phenols is 1. The number of aromatic hydroxyl groups is 1. The molecule has 0 saturated heterocycles. The van der Waals surface area contributed by atoms with E-state index in [0.29, 0.717) is 80.4 Å². The highest BCUT2D eigenvalue weighted by Gasteiger charge is 2.40. The van der Waals surface area contributed by atoms with E-state index >= 15 is 19.2 Å². The van der Waals surface area contributed by atoms with Gasteiger partial charge in [-0.2, -0.15) is 36.2 Å². The van der Waals surface area contributed by atoms with Gasteiger partial charge in [0.15, 0.2) is 5.96 Å². The van der Waals surface area contributed by atoms with E-state index in [1.165, 1.54) is 47.8 Å². The molecule has 2 aromatic heterocycles. The fourth-order valence-corrected chi connectivity index (χ4v) is 16.4. The molecular weight excluding hydrogens is 1850 g/mol. The molecule has 0 bridgehead atoms. The zero-order valence-electron chi connectivity index (χ0n) is 79.3. The number of unbranched alkanes of at least 4 members (excludes halogenated alkanes) is 1. The smallest absolute Gasteiger partial charge is 0.326 e. The number of primary amides is 1. The number of nitrogens with two attached hydrogens (primary N) is 4. The van der Waals surface area contributed by atoms with Gasteiger partial charge in [-0.15, -0.1) is 0 Å². The van der Waals surface area contributed by atoms with E-state index in [-0.39, 0.29) is 88.8 Å². The summed E-state index contributed by atoms with van der Waals surface area (Å²) in [6.07, 6.45) is 6.10. The van der Waals surface area contributed by atoms with Crippen LogP contribution in [0.5, 0.6) is 5.75 Å². The number of para-hydroxylation sites is 2. The van der Waals surface area contributed by atoms with Crippen molar-refractivity contribution in [3.8, 4) is 5.75 Å². The van der Waals surface area contributed by atoms with Crippen LogP contribution in [-0.2, 0) is 109 Å². The minimum absolute atomic E-state index is 0.00538. The van der Waals surface area contributed by atoms with Crippen LogP contribution in [0.3, 0.4) is 0 Å². The number of hydrogen-bond donors (Lipinski definition) is 25. The molecule has 28 N–H and O–H groups in total. The first-order valence-corrected chi connectivity index (χ1v) is 49.6. The number of carboxylic acids is 1. The van der Waals surface area contributed by atoms with Crippen LogP contribution in [0.2, 0.25) is 0 Å². The van der Waals surface area contributed by atoms with Gasteiger partial charge < -0.3 is 123 Å². The Bertz CT molecular complexity index is 5310. The molecule has 7 rings (SSSR count). The van der Waals surface area contributed by atoms with Gasteiger partial charge in [0.25, 0.3) is 0 Å². The summed E-state index contributed by atoms with van der Waals surface area (Å²) in [6.45, 7) is 9.25. The second kappa shape index (κ2) is 57.8. The third kappa shape index (κ3) is 36.9. The predicted molar refractivity (Wildman–Crippen MR) is 535 cm³/mol. The number of thioether (sulfide) groups is 2. The van der Waals surface area contributed by atoms with Crippen molar-refractivity contribution in [1.82, 2.24) is 89.7 Å². The molecule has 2 heterocycles. The number of guanidine groups is 1. The summed E-state index contributed by atoms with van der Waals surface area (Å²) in [6, 6.07) is 16.7. The summed E-state index contributed by atoms with van der Waals surface area (Å²) in [5, 5.41) is 69.5. The molecule has 139 heavy (non-hydrogen) atoms. The van der Waals surface area contributed by atoms with Crippen molar-refractivity contribution < 1.29 is 86.9 Å². The number of H-pyrrole nitrogens is 2. The number of carbonyl (C=O) groups excluding carboxylic acids is 15. The van der Waals surface area contributed by atoms with Crippen LogP contribution >= 0.6 is 36.2 Å². The second-order valence-electron chi connectivity index (χ2n) is 34.7. The molecule has 15 atom stereocenters. The average molecular weight is 1980 g/mol. The Hall–Kier alpha value is -13.3. The molecule has 43 heteroatoms. The molecule has 0 saturated carbocycles. The van der Waals surface area contributed by atoms with Gasteiger partial charge in [0.05, 0.1) is 19.0 Å². The Kier molecular flexibility index (Phi) is 46.9. The maximum atomic E-state index is 15.2. The number of fused-ring (bicyclic) bond motifs is 2. The van der Waals surface area contributed by atoms with Crippen LogP contribution in [0, 0.1) is 23.2 Å². The molecule has 0 aliphatic rings. The zero-order valence-corrected chi connectivity index (χ0v) is 81.8. The van der Waals surface area contributed by atoms with Crippen molar-refractivity contribution in [2.24, 2.45) is 40.7 Å². The molecular formula is C96H134N22O18S3. The lowest BCUT2D eigenvalue weighted by molar-refractivity contribution is -0.144. The van der Waals surface area contributed by atoms with E-state index in [2.05, 4.69) is 102 Å². The average Bonchev–Trinajstić information content (AvgIpc) is 1.69. The summed E-state index contributed by atoms with van der Waals surface area (Å²) in [5.41, 5.74) is 27.4. The van der Waals surface area contributed by atoms with Crippen molar-refractivity contribution in [3.63, 3.8) is 0 Å². The highest BCUT2D eigenvalue weighted by Crippen LogP contribution is 2.24. The van der Waals surface area contributed by atoms with Crippen molar-refractivity contribution in [2.75, 3.05) is 49.4 Å². The summed E-state index contributed by atoms with van der Waals surface area (Å²) in [4.78, 5) is 236. The highest BCUT2D eigenvalue weighted by molar-refractivity contribution is 7.98. The number of carboxylic acid groups (broad SMARTS) is 1. The van der Waals surface area contributed by atoms with Gasteiger partial charge in [0.2, 0.25) is 88.6 Å². The first kappa shape index (κ1) is 113. The Labute approximate surface area is 821 Å². The topological polar surface area (TPSA) is 654 Å². The number of aromatic nitrogens is 2. The van der Waals surface area contributed by atoms with Crippen LogP contribution in [0.15, 0.2) is 146 Å². The van der Waals surface area contributed by atoms with Crippen molar-refractivity contribution in [1.29, 1.82) is 5.41 Å². The van der Waals surface area contributed by atoms with E-state index in [0.717, 1.165) is 0 Å². The number of rotatable bonds is 60. The molecule has 0 spiro atoms. The number of aromatic amines is 2. The van der Waals surface area contributed by atoms with Gasteiger partial charge in [-0.05, 0) is 145 Å². The van der Waals surface area contributed by atoms with Gasteiger partial charge >= 0.3 is 5.97 Å². The third-order valence-corrected chi connectivity index (χ3v) is 24.9. The van der Waals surface area contributed by atoms with Crippen molar-refractivity contribution in [3.05, 3.63) is 174 Å². The number of nitrogens with one attached hydrogen (secondary N) is 18. The largest absolute Gasteiger partial charge is 0.508 e. The molecule has 754 valence electrons. The van der Waals surface area contributed by atoms with Gasteiger partial charge in [0.1, 0.15) is 84.3 Å². The minimum atomic E-state index is -1.90. The number of amides is 15. The molecule has 0 unspecified atom stereocenters. The van der Waals surface area contributed by atoms with Crippen LogP contribution < -0.4 is 103 Å². The van der Waals surface area contributed by atoms with Crippen molar-refractivity contribution >= 4 is 158 Å². The van der Waals surface area contributed by atoms with Gasteiger partial charge in [-0.3, -0.25) is 77.3 Å². The number of phenolic OH excluding ortho intramolecular Hbond substituents is 1. The SMILES string of the molecule is CC[C@H](C)[C@H](NC(=O)[C@H](Cc1ccccc1)NC(=O)[C@H](Cc1ccc(O)cc1)NC(=O)[C@@H](NC(=O)[C@H](Cc1c[nH]c2ccccc12)NC(=O)[C@H](CCCCN)NC(=O)CNC(=O)[C@H](Cc1ccccc1)NC(=O)[C@H](CCCNC(=N)N)NC(=O)[C@H](CC(N)=O)NC(=O)[C@H](Cc1c[nH]c2ccccc12)NC(=O)[C@H](CS)NC(=O)[C@@H](NC(=O)[C@H](CCSC)NC(=O)[C@@H](N)CCSC)C(C)C)C(C)C)C(=O)O. The number of thiol groups is 1. The van der Waals surface area contributed by atoms with Crippen LogP contribution in [0.1, 0.15) is 127 Å². The standard InChI is InChI=1S/C96H134N22O18S3/c1-9-55(6)81(95(135)136)118-90(130)72(44-57-25-14-11-15-26-57)110-87(127)71(45-58-33-35-61(119)36-34-58)114-93(133)79(53(2)3)117-91(131)74(47-60-50-104-66-30-19-17-28-63(60)66)111-84(124)67(31-20-21-39-97)106-78(121)51-105-83(123)70(43-56-23-12-10-13-24-56)109-85(125)68(32-22-40-102-96(100)101)108-89(129)75(48-77(99)120)113-88(128)73(46-59-49-103-65-29-18-16-27-62(59)65)112-92(132)76(52-137)115-94(134)80(54(4)5)116-86(126)69(38-42-139-8)107-82(122)64(98)37-41-138-7/h10-19,23-30,33-36,49-50,53-55,64,67-76,79-81,103-104,119,137H,9,20-22,31-32,37-48,51-52,97-98H2,1-8H3,(H2,99,120)(H,105,123)(H,106,121)(H,107,122)(H,108,129)(H,109,125)(H,110,127)(H,111,124)(H,112,132)(H,113,128)(H,114,133)(H,115,134)(H,116,126)(H,117,131)(H,118,130)(H,135,136)(H4,100,101,102)/t55-,64-,67-,68-,69-,70-,71-,72-,73-,74-,75-,76-,79-,80-,81-/m0/s1. The minimum Gasteiger partial charge on any atom is -0.508 e. The van der Waals surface area contributed by atoms with E-state index in [9.17, 15) is 67.7 Å². The maximum Gasteiger partial charge on any atom is 0.326 e. The number of benzene rings is 5. The summed E-state index contributed by atoms with van der Waals surface area (Å²) >= 11 is 7.32. The molecule has 15 amide bonds. The molecule has 0 aliphatic carbocycles. The lowest BCUT2D eigenvalue weighted by Gasteiger charge is -2.29. The van der Waals surface area contributed by atoms with Crippen molar-refractivity contribution in [2.45, 2.75) is 216 Å². The van der Waals surface area contributed by atoms with Crippen LogP contribution in [0.25, 0.3) is 21.8 Å². The molecule has 7 aromatic rings. The Balaban J connectivity index is 1.11. The maximum absolute atomic E-state index is 15.2. The second-order valence-corrected chi connectivity index (χ2v) is 37.1. The van der Waals surface area contributed by atoms with Gasteiger partial charge in [-0.1, -0.05) is 157 Å². The number of carbonyl (C=O) groups is 16. The molecule has 40 nitrogen and oxygen atoms in total. The first-order valence-electron chi connectivity index (χ1n) is 46.2. The Morgan fingerprint density at radius 3 is 1.24 bits per heavy atom. The summed E-state index contributed by atoms with van der Waals surface area (Å²) in [7, 11) is 0. The fraction of sp³-hybridized carbons (Fsp3) is 0.469. The first-order chi connectivity index (χ1) is 66.3. The molecule has 0 radical (unpaired) electrons. The lowest BCUT2D eigenvalue weighted by atomic mass is 9.97. The summed E-state index contributed by atoms with van der Waals surface area (Å²) in [5.74, 6) is -16.6. The van der Waals surface area contributed by atoms with Crippen LogP contribution in [0.4, 0.5) is 0 Å². The van der Waals surface area contributed by atoms with E-state index in [1.807, 2.05) is 12.5 Å². The monoisotopic (exact) mass is 1980 g/mol. The number of hydrogen-bond acceptors (Lipinski definition) is 23. The third-order valence-electron chi connectivity index (χ3n) is 23.3. The van der Waals surface area contributed by atoms with E-state index in [1.54, 1.807) is 163 Å². The normalized spacial score (nSPS) is 14.5. The predicted octanol–water partition coefficient (Wildman–Crippen LogP) is 0.760. The highest BCUT2D eigenvalue weighted by atomic mass is 32.2. The molecule has 5 aromatic carbocycles. The molecule has 0 aliphatic heterocycles. The zero-order chi connectivity index (χ0) is 102. The number of aliphatic carboxylic acids is 1. The van der Waals surface area contributed by atoms with E-state index in [4.69, 9.17) is 28.3 Å². The van der Waals surface area contributed by atoms with Gasteiger partial charge in [0, 0.05) is 78.6 Å². The van der Waals surface area contributed by atoms with Gasteiger partial charge in [-0.25, -0.2) is 4.79 Å². The Morgan fingerprint density at radius 2 is 0.784 bits per heavy atom. The lowest BCUT2D eigenvalue weighted by Crippen LogP contribution is -2.61. The van der Waals surface area contributed by atoms with E-state index < -0.39 is 216 Å². The van der Waals surface area contributed by atoms with Crippen LogP contribution in [-0.4, -0.2) is 255 Å². The molecule has 0 fully saturated rings. The summed E-state index contributed by atoms with van der Waals surface area (Å²) < 4.78 is 0. The quantitative estimate of drug-likeness (QED) is 0.0108. The fourth-order valence-electron chi connectivity index (χ4n) is 15.2.